The topological polar surface area (TPSA) is 133 Å². The number of halogens is 1. The third-order valence-electron chi connectivity index (χ3n) is 4.20. The molecule has 152 valence electrons. The number of phenols is 1. The van der Waals surface area contributed by atoms with Gasteiger partial charge >= 0.3 is 5.69 Å². The van der Waals surface area contributed by atoms with Crippen LogP contribution in [0.4, 0.5) is 0 Å². The van der Waals surface area contributed by atoms with Crippen molar-refractivity contribution in [3.05, 3.63) is 49.9 Å². The van der Waals surface area contributed by atoms with Gasteiger partial charge in [0.25, 0.3) is 11.5 Å². The Kier molecular flexibility index (Phi) is 5.41. The summed E-state index contributed by atoms with van der Waals surface area (Å²) in [6.45, 7) is -0.214. The van der Waals surface area contributed by atoms with E-state index >= 15 is 0 Å². The minimum atomic E-state index is -0.543. The quantitative estimate of drug-likeness (QED) is 0.439. The Morgan fingerprint density at radius 3 is 2.76 bits per heavy atom. The van der Waals surface area contributed by atoms with Crippen LogP contribution in [-0.2, 0) is 25.4 Å². The van der Waals surface area contributed by atoms with Gasteiger partial charge in [-0.15, -0.1) is 0 Å². The maximum absolute atomic E-state index is 12.2. The molecule has 0 unspecified atom stereocenters. The molecule has 0 aliphatic rings. The molecule has 12 heteroatoms. The second kappa shape index (κ2) is 7.80. The fraction of sp³-hybridized carbons (Fsp3) is 0.235. The van der Waals surface area contributed by atoms with Crippen LogP contribution in [0.15, 0.2) is 33.2 Å². The number of hydrogen-bond acceptors (Lipinski definition) is 7. The first-order valence-electron chi connectivity index (χ1n) is 8.23. The molecule has 1 amide bonds. The molecule has 2 heterocycles. The smallest absolute Gasteiger partial charge is 0.332 e. The fourth-order valence-corrected chi connectivity index (χ4v) is 2.97. The number of carbonyl (C=O) groups is 1. The minimum absolute atomic E-state index is 0.0736. The number of methoxy groups -OCH3 is 1. The molecule has 3 aromatic rings. The highest BCUT2D eigenvalue weighted by atomic mass is 35.5. The molecule has 0 aliphatic carbocycles. The molecule has 0 saturated carbocycles. The number of carbonyl (C=O) groups excluding carboxylic acids is 1. The van der Waals surface area contributed by atoms with E-state index in [9.17, 15) is 19.5 Å². The van der Waals surface area contributed by atoms with Crippen LogP contribution >= 0.6 is 11.6 Å². The number of fused-ring (bicyclic) bond motifs is 1. The number of amides is 1. The van der Waals surface area contributed by atoms with Gasteiger partial charge in [-0.2, -0.15) is 5.10 Å². The number of nitrogens with zero attached hydrogens (tertiary/aromatic N) is 5. The Morgan fingerprint density at radius 1 is 1.34 bits per heavy atom. The largest absolute Gasteiger partial charge is 0.503 e. The van der Waals surface area contributed by atoms with Crippen LogP contribution in [0, 0.1) is 0 Å². The molecule has 0 atom stereocenters. The highest BCUT2D eigenvalue weighted by Gasteiger charge is 2.15. The lowest BCUT2D eigenvalue weighted by atomic mass is 10.2. The Labute approximate surface area is 168 Å². The van der Waals surface area contributed by atoms with Crippen molar-refractivity contribution >= 4 is 34.9 Å². The van der Waals surface area contributed by atoms with Gasteiger partial charge in [0.05, 0.1) is 24.7 Å². The number of aromatic hydroxyl groups is 1. The molecule has 2 aromatic heterocycles. The molecule has 2 N–H and O–H groups in total. The SMILES string of the molecule is COc1cc(/C=N\NC(=O)Cn2cnc3c(=O)n(C)c(=O)n(C)c32)cc(Cl)c1O. The van der Waals surface area contributed by atoms with E-state index in [1.54, 1.807) is 0 Å². The minimum Gasteiger partial charge on any atom is -0.503 e. The van der Waals surface area contributed by atoms with Gasteiger partial charge < -0.3 is 14.4 Å². The monoisotopic (exact) mass is 420 g/mol. The molecule has 0 bridgehead atoms. The zero-order valence-corrected chi connectivity index (χ0v) is 16.5. The molecule has 29 heavy (non-hydrogen) atoms. The Morgan fingerprint density at radius 2 is 2.07 bits per heavy atom. The van der Waals surface area contributed by atoms with Crippen molar-refractivity contribution in [1.29, 1.82) is 0 Å². The van der Waals surface area contributed by atoms with E-state index in [0.717, 1.165) is 4.57 Å². The zero-order valence-electron chi connectivity index (χ0n) is 15.7. The number of hydrazone groups is 1. The second-order valence-corrected chi connectivity index (χ2v) is 6.50. The van der Waals surface area contributed by atoms with Gasteiger partial charge in [0.2, 0.25) is 0 Å². The van der Waals surface area contributed by atoms with Crippen molar-refractivity contribution in [2.24, 2.45) is 19.2 Å². The third-order valence-corrected chi connectivity index (χ3v) is 4.48. The summed E-state index contributed by atoms with van der Waals surface area (Å²) in [6.07, 6.45) is 2.63. The predicted octanol–water partition coefficient (Wildman–Crippen LogP) is -0.0484. The standard InChI is InChI=1S/C17H17ClN6O5/c1-22-15-13(16(27)23(2)17(22)28)19-8-24(15)7-12(25)21-20-6-9-4-10(18)14(26)11(5-9)29-3/h4-6,8,26H,7H2,1-3H3,(H,21,25)/b20-6-. The van der Waals surface area contributed by atoms with E-state index in [4.69, 9.17) is 16.3 Å². The van der Waals surface area contributed by atoms with Crippen LogP contribution in [0.3, 0.4) is 0 Å². The molecule has 0 saturated heterocycles. The summed E-state index contributed by atoms with van der Waals surface area (Å²) >= 11 is 5.90. The summed E-state index contributed by atoms with van der Waals surface area (Å²) in [4.78, 5) is 40.4. The van der Waals surface area contributed by atoms with E-state index in [2.05, 4.69) is 15.5 Å². The molecule has 0 radical (unpaired) electrons. The maximum atomic E-state index is 12.2. The number of benzene rings is 1. The third kappa shape index (κ3) is 3.72. The van der Waals surface area contributed by atoms with Crippen LogP contribution in [0.5, 0.6) is 11.5 Å². The molecule has 11 nitrogen and oxygen atoms in total. The summed E-state index contributed by atoms with van der Waals surface area (Å²) < 4.78 is 8.56. The number of rotatable bonds is 5. The predicted molar refractivity (Wildman–Crippen MR) is 106 cm³/mol. The number of ether oxygens (including phenoxy) is 1. The molecule has 0 spiro atoms. The normalized spacial score (nSPS) is 11.3. The fourth-order valence-electron chi connectivity index (χ4n) is 2.75. The average Bonchev–Trinajstić information content (AvgIpc) is 3.10. The Bertz CT molecular complexity index is 1260. The van der Waals surface area contributed by atoms with Gasteiger partial charge in [-0.3, -0.25) is 18.7 Å². The summed E-state index contributed by atoms with van der Waals surface area (Å²) in [5.74, 6) is -0.540. The van der Waals surface area contributed by atoms with Crippen LogP contribution in [0.2, 0.25) is 5.02 Å². The number of aryl methyl sites for hydroxylation is 1. The van der Waals surface area contributed by atoms with E-state index in [-0.39, 0.29) is 34.2 Å². The Hall–Kier alpha value is -3.60. The first-order chi connectivity index (χ1) is 13.7. The molecular weight excluding hydrogens is 404 g/mol. The van der Waals surface area contributed by atoms with Gasteiger partial charge in [-0.25, -0.2) is 15.2 Å². The van der Waals surface area contributed by atoms with Crippen LogP contribution in [0.1, 0.15) is 5.56 Å². The van der Waals surface area contributed by atoms with Gasteiger partial charge in [0.1, 0.15) is 12.2 Å². The number of hydrogen-bond donors (Lipinski definition) is 2. The lowest BCUT2D eigenvalue weighted by Gasteiger charge is -2.08. The summed E-state index contributed by atoms with van der Waals surface area (Å²) in [5.41, 5.74) is 2.06. The van der Waals surface area contributed by atoms with Crippen molar-refractivity contribution in [3.8, 4) is 11.5 Å². The van der Waals surface area contributed by atoms with E-state index in [1.807, 2.05) is 0 Å². The van der Waals surface area contributed by atoms with Crippen LogP contribution in [-0.4, -0.2) is 43.0 Å². The molecule has 0 aliphatic heterocycles. The molecule has 1 aromatic carbocycles. The maximum Gasteiger partial charge on any atom is 0.332 e. The molecule has 0 fully saturated rings. The van der Waals surface area contributed by atoms with Crippen molar-refractivity contribution in [2.75, 3.05) is 7.11 Å². The van der Waals surface area contributed by atoms with E-state index < -0.39 is 17.2 Å². The Balaban J connectivity index is 1.79. The average molecular weight is 421 g/mol. The zero-order chi connectivity index (χ0) is 21.3. The highest BCUT2D eigenvalue weighted by molar-refractivity contribution is 6.32. The first-order valence-corrected chi connectivity index (χ1v) is 8.61. The number of phenolic OH excluding ortho intramolecular Hbond substituents is 1. The van der Waals surface area contributed by atoms with Gasteiger partial charge in [-0.1, -0.05) is 11.6 Å². The molecule has 3 rings (SSSR count). The van der Waals surface area contributed by atoms with Crippen molar-refractivity contribution < 1.29 is 14.6 Å². The van der Waals surface area contributed by atoms with Gasteiger partial charge in [0, 0.05) is 14.1 Å². The van der Waals surface area contributed by atoms with Crippen molar-refractivity contribution in [1.82, 2.24) is 24.1 Å². The van der Waals surface area contributed by atoms with E-state index in [0.29, 0.717) is 5.56 Å². The highest BCUT2D eigenvalue weighted by Crippen LogP contribution is 2.34. The first kappa shape index (κ1) is 20.1. The van der Waals surface area contributed by atoms with E-state index in [1.165, 1.54) is 55.0 Å². The molecular formula is C17H17ClN6O5. The van der Waals surface area contributed by atoms with Gasteiger partial charge in [0.15, 0.2) is 17.0 Å². The summed E-state index contributed by atoms with van der Waals surface area (Å²) in [6, 6.07) is 2.94. The number of aromatic nitrogens is 4. The van der Waals surface area contributed by atoms with Crippen molar-refractivity contribution in [2.45, 2.75) is 6.54 Å². The summed E-state index contributed by atoms with van der Waals surface area (Å²) in [5, 5.41) is 13.6. The lowest BCUT2D eigenvalue weighted by Crippen LogP contribution is -2.37. The number of nitrogens with one attached hydrogen (secondary N) is 1. The summed E-state index contributed by atoms with van der Waals surface area (Å²) in [7, 11) is 4.22. The number of imidazole rings is 1. The van der Waals surface area contributed by atoms with Gasteiger partial charge in [-0.05, 0) is 17.7 Å². The van der Waals surface area contributed by atoms with Crippen molar-refractivity contribution in [3.63, 3.8) is 0 Å². The van der Waals surface area contributed by atoms with Crippen LogP contribution < -0.4 is 21.4 Å². The van der Waals surface area contributed by atoms with Crippen LogP contribution in [0.25, 0.3) is 11.2 Å². The second-order valence-electron chi connectivity index (χ2n) is 6.10. The lowest BCUT2D eigenvalue weighted by molar-refractivity contribution is -0.121.